The van der Waals surface area contributed by atoms with E-state index >= 15 is 0 Å². The Morgan fingerprint density at radius 2 is 2.18 bits per heavy atom. The first-order valence-electron chi connectivity index (χ1n) is 6.76. The number of carbonyl (C=O) groups is 1. The Bertz CT molecular complexity index is 912. The number of benzene rings is 1. The zero-order valence-electron chi connectivity index (χ0n) is 12.1. The minimum absolute atomic E-state index is 0.143. The molecule has 2 heterocycles. The predicted molar refractivity (Wildman–Crippen MR) is 79.5 cm³/mol. The van der Waals surface area contributed by atoms with Crippen molar-refractivity contribution in [1.82, 2.24) is 9.72 Å². The molecule has 0 bridgehead atoms. The van der Waals surface area contributed by atoms with E-state index in [2.05, 4.69) is 11.2 Å². The normalized spacial score (nSPS) is 11.0. The number of hydrogen-bond donors (Lipinski definition) is 1. The molecule has 6 heteroatoms. The maximum absolute atomic E-state index is 10.9. The summed E-state index contributed by atoms with van der Waals surface area (Å²) in [4.78, 5) is 10.9. The van der Waals surface area contributed by atoms with Crippen LogP contribution in [0.25, 0.3) is 22.2 Å². The maximum Gasteiger partial charge on any atom is 0.358 e. The fourth-order valence-corrected chi connectivity index (χ4v) is 2.44. The van der Waals surface area contributed by atoms with Gasteiger partial charge in [-0.05, 0) is 32.0 Å². The van der Waals surface area contributed by atoms with Gasteiger partial charge >= 0.3 is 5.97 Å². The van der Waals surface area contributed by atoms with Crippen LogP contribution in [-0.4, -0.2) is 20.8 Å². The van der Waals surface area contributed by atoms with E-state index in [9.17, 15) is 10.1 Å². The molecule has 0 saturated carbocycles. The molecule has 0 unspecified atom stereocenters. The van der Waals surface area contributed by atoms with E-state index in [0.29, 0.717) is 16.9 Å². The van der Waals surface area contributed by atoms with Crippen molar-refractivity contribution in [2.24, 2.45) is 0 Å². The molecule has 2 aromatic heterocycles. The second kappa shape index (κ2) is 5.04. The first-order chi connectivity index (χ1) is 10.5. The molecule has 0 radical (unpaired) electrons. The van der Waals surface area contributed by atoms with Gasteiger partial charge in [-0.25, -0.2) is 4.79 Å². The highest BCUT2D eigenvalue weighted by Crippen LogP contribution is 2.29. The zero-order chi connectivity index (χ0) is 15.9. The molecule has 0 amide bonds. The SMILES string of the molecule is CC(C)n1cc(C#N)c2cc(-c3cc(C(=O)O)no3)ccc21. The molecular weight excluding hydrogens is 282 g/mol. The number of carboxylic acid groups (broad SMARTS) is 1. The van der Waals surface area contributed by atoms with E-state index in [1.807, 2.05) is 42.8 Å². The first-order valence-corrected chi connectivity index (χ1v) is 6.76. The first kappa shape index (κ1) is 13.9. The summed E-state index contributed by atoms with van der Waals surface area (Å²) in [5.74, 6) is -0.778. The highest BCUT2D eigenvalue weighted by molar-refractivity contribution is 5.91. The van der Waals surface area contributed by atoms with Gasteiger partial charge in [0.1, 0.15) is 6.07 Å². The fraction of sp³-hybridized carbons (Fsp3) is 0.188. The maximum atomic E-state index is 10.9. The molecule has 3 aromatic rings. The number of nitrogens with zero attached hydrogens (tertiary/aromatic N) is 3. The molecule has 1 N–H and O–H groups in total. The summed E-state index contributed by atoms with van der Waals surface area (Å²) in [5.41, 5.74) is 2.07. The number of rotatable bonds is 3. The lowest BCUT2D eigenvalue weighted by Gasteiger charge is -2.08. The second-order valence-corrected chi connectivity index (χ2v) is 5.27. The number of nitriles is 1. The molecule has 3 rings (SSSR count). The molecule has 22 heavy (non-hydrogen) atoms. The third kappa shape index (κ3) is 2.13. The van der Waals surface area contributed by atoms with Crippen LogP contribution in [0, 0.1) is 11.3 Å². The zero-order valence-corrected chi connectivity index (χ0v) is 12.1. The summed E-state index contributed by atoms with van der Waals surface area (Å²) < 4.78 is 7.10. The van der Waals surface area contributed by atoms with Crippen LogP contribution in [0.2, 0.25) is 0 Å². The average molecular weight is 295 g/mol. The van der Waals surface area contributed by atoms with Crippen molar-refractivity contribution in [2.45, 2.75) is 19.9 Å². The van der Waals surface area contributed by atoms with Gasteiger partial charge in [-0.15, -0.1) is 0 Å². The van der Waals surface area contributed by atoms with Crippen LogP contribution in [-0.2, 0) is 0 Å². The lowest BCUT2D eigenvalue weighted by molar-refractivity contribution is 0.0686. The van der Waals surface area contributed by atoms with E-state index < -0.39 is 5.97 Å². The van der Waals surface area contributed by atoms with Gasteiger partial charge in [0.15, 0.2) is 11.5 Å². The lowest BCUT2D eigenvalue weighted by Crippen LogP contribution is -1.97. The van der Waals surface area contributed by atoms with Crippen LogP contribution in [0.15, 0.2) is 35.0 Å². The number of carboxylic acids is 1. The predicted octanol–water partition coefficient (Wildman–Crippen LogP) is 3.45. The molecule has 0 saturated heterocycles. The lowest BCUT2D eigenvalue weighted by atomic mass is 10.1. The summed E-state index contributed by atoms with van der Waals surface area (Å²) in [6, 6.07) is 9.34. The van der Waals surface area contributed by atoms with Crippen molar-refractivity contribution in [3.8, 4) is 17.4 Å². The minimum atomic E-state index is -1.14. The van der Waals surface area contributed by atoms with Gasteiger partial charge in [0.2, 0.25) is 0 Å². The Hall–Kier alpha value is -3.07. The Kier molecular flexibility index (Phi) is 3.18. The van der Waals surface area contributed by atoms with Gasteiger partial charge in [0.25, 0.3) is 0 Å². The summed E-state index contributed by atoms with van der Waals surface area (Å²) >= 11 is 0. The van der Waals surface area contributed by atoms with Crippen molar-refractivity contribution < 1.29 is 14.4 Å². The standard InChI is InChI=1S/C16H13N3O3/c1-9(2)19-8-11(7-17)12-5-10(3-4-14(12)19)15-6-13(16(20)21)18-22-15/h3-6,8-9H,1-2H3,(H,20,21). The van der Waals surface area contributed by atoms with Gasteiger partial charge in [-0.2, -0.15) is 5.26 Å². The summed E-state index contributed by atoms with van der Waals surface area (Å²) in [5, 5.41) is 22.5. The molecule has 1 aromatic carbocycles. The Balaban J connectivity index is 2.17. The number of aromatic nitrogens is 2. The second-order valence-electron chi connectivity index (χ2n) is 5.27. The summed E-state index contributed by atoms with van der Waals surface area (Å²) in [6.45, 7) is 4.09. The van der Waals surface area contributed by atoms with Gasteiger partial charge < -0.3 is 14.2 Å². The molecule has 110 valence electrons. The largest absolute Gasteiger partial charge is 0.476 e. The quantitative estimate of drug-likeness (QED) is 0.799. The number of aromatic carboxylic acids is 1. The molecule has 0 atom stereocenters. The van der Waals surface area contributed by atoms with Gasteiger partial charge in [-0.1, -0.05) is 5.16 Å². The van der Waals surface area contributed by atoms with Gasteiger partial charge in [-0.3, -0.25) is 0 Å². The number of hydrogen-bond acceptors (Lipinski definition) is 4. The minimum Gasteiger partial charge on any atom is -0.476 e. The third-order valence-corrected chi connectivity index (χ3v) is 3.52. The van der Waals surface area contributed by atoms with Crippen LogP contribution in [0.5, 0.6) is 0 Å². The van der Waals surface area contributed by atoms with Crippen LogP contribution >= 0.6 is 0 Å². The molecule has 0 aliphatic rings. The average Bonchev–Trinajstić information content (AvgIpc) is 3.11. The smallest absolute Gasteiger partial charge is 0.358 e. The van der Waals surface area contributed by atoms with Crippen molar-refractivity contribution >= 4 is 16.9 Å². The van der Waals surface area contributed by atoms with Gasteiger partial charge in [0, 0.05) is 34.8 Å². The molecule has 6 nitrogen and oxygen atoms in total. The third-order valence-electron chi connectivity index (χ3n) is 3.52. The molecule has 0 spiro atoms. The molecule has 0 fully saturated rings. The van der Waals surface area contributed by atoms with Crippen LogP contribution < -0.4 is 0 Å². The van der Waals surface area contributed by atoms with Crippen molar-refractivity contribution in [3.63, 3.8) is 0 Å². The fourth-order valence-electron chi connectivity index (χ4n) is 2.44. The Morgan fingerprint density at radius 1 is 1.41 bits per heavy atom. The van der Waals surface area contributed by atoms with Crippen molar-refractivity contribution in [3.05, 3.63) is 41.7 Å². The van der Waals surface area contributed by atoms with E-state index in [4.69, 9.17) is 9.63 Å². The molecule has 0 aliphatic heterocycles. The summed E-state index contributed by atoms with van der Waals surface area (Å²) in [6.07, 6.45) is 1.82. The van der Waals surface area contributed by atoms with Crippen LogP contribution in [0.1, 0.15) is 35.9 Å². The molecular formula is C16H13N3O3. The highest BCUT2D eigenvalue weighted by atomic mass is 16.5. The molecule has 0 aliphatic carbocycles. The van der Waals surface area contributed by atoms with Gasteiger partial charge in [0.05, 0.1) is 5.56 Å². The Labute approximate surface area is 126 Å². The van der Waals surface area contributed by atoms with Crippen molar-refractivity contribution in [2.75, 3.05) is 0 Å². The van der Waals surface area contributed by atoms with Crippen LogP contribution in [0.4, 0.5) is 0 Å². The van der Waals surface area contributed by atoms with E-state index in [0.717, 1.165) is 10.9 Å². The monoisotopic (exact) mass is 295 g/mol. The Morgan fingerprint density at radius 3 is 2.77 bits per heavy atom. The van der Waals surface area contributed by atoms with E-state index in [1.165, 1.54) is 6.07 Å². The van der Waals surface area contributed by atoms with E-state index in [1.54, 1.807) is 0 Å². The topological polar surface area (TPSA) is 92.0 Å². The highest BCUT2D eigenvalue weighted by Gasteiger charge is 2.15. The van der Waals surface area contributed by atoms with Crippen molar-refractivity contribution in [1.29, 1.82) is 5.26 Å². The number of fused-ring (bicyclic) bond motifs is 1. The summed E-state index contributed by atoms with van der Waals surface area (Å²) in [7, 11) is 0. The van der Waals surface area contributed by atoms with Crippen LogP contribution in [0.3, 0.4) is 0 Å². The van der Waals surface area contributed by atoms with E-state index in [-0.39, 0.29) is 11.7 Å².